The molecule has 4 N–H and O–H groups in total. The molecule has 2 amide bonds. The lowest BCUT2D eigenvalue weighted by Gasteiger charge is -2.14. The first-order valence-electron chi connectivity index (χ1n) is 8.61. The van der Waals surface area contributed by atoms with Crippen molar-refractivity contribution in [3.63, 3.8) is 0 Å². The number of amides is 2. The van der Waals surface area contributed by atoms with E-state index in [4.69, 9.17) is 0 Å². The van der Waals surface area contributed by atoms with Crippen LogP contribution in [0.25, 0.3) is 0 Å². The summed E-state index contributed by atoms with van der Waals surface area (Å²) < 4.78 is 0. The van der Waals surface area contributed by atoms with Gasteiger partial charge in [-0.3, -0.25) is 14.7 Å². The topological polar surface area (TPSA) is 98.9 Å². The van der Waals surface area contributed by atoms with Crippen LogP contribution in [0.1, 0.15) is 40.2 Å². The maximum Gasteiger partial charge on any atom is 0.276 e. The second-order valence-corrected chi connectivity index (χ2v) is 6.70. The number of benzene rings is 1. The maximum absolute atomic E-state index is 12.6. The highest BCUT2D eigenvalue weighted by Gasteiger charge is 2.29. The molecule has 7 nitrogen and oxygen atoms in total. The van der Waals surface area contributed by atoms with Crippen LogP contribution in [0.5, 0.6) is 0 Å². The van der Waals surface area contributed by atoms with Crippen molar-refractivity contribution in [1.82, 2.24) is 15.5 Å². The number of H-pyrrole nitrogens is 1. The minimum absolute atomic E-state index is 0.0496. The van der Waals surface area contributed by atoms with Crippen molar-refractivity contribution in [3.8, 4) is 0 Å². The summed E-state index contributed by atoms with van der Waals surface area (Å²) in [6, 6.07) is 5.54. The Kier molecular flexibility index (Phi) is 4.01. The lowest BCUT2D eigenvalue weighted by atomic mass is 10.1. The van der Waals surface area contributed by atoms with Crippen LogP contribution in [0.3, 0.4) is 0 Å². The summed E-state index contributed by atoms with van der Waals surface area (Å²) in [5, 5.41) is 16.2. The molecule has 2 aromatic rings. The Hall–Kier alpha value is -2.67. The number of aromatic amines is 1. The Morgan fingerprint density at radius 3 is 2.88 bits per heavy atom. The van der Waals surface area contributed by atoms with Gasteiger partial charge < -0.3 is 16.0 Å². The zero-order valence-corrected chi connectivity index (χ0v) is 14.1. The number of nitrogens with zero attached hydrogens (tertiary/aromatic N) is 1. The second-order valence-electron chi connectivity index (χ2n) is 6.70. The SMILES string of the molecule is Cc1ccc(NC(=O)C2CC2)cc1NC(=O)c1n[nH]c2c1CNCC2. The van der Waals surface area contributed by atoms with Crippen molar-refractivity contribution in [3.05, 3.63) is 40.7 Å². The number of aromatic nitrogens is 2. The van der Waals surface area contributed by atoms with Gasteiger partial charge in [0.2, 0.25) is 5.91 Å². The smallest absolute Gasteiger partial charge is 0.276 e. The molecule has 7 heteroatoms. The average molecular weight is 339 g/mol. The molecule has 130 valence electrons. The van der Waals surface area contributed by atoms with Crippen LogP contribution in [-0.4, -0.2) is 28.6 Å². The zero-order valence-electron chi connectivity index (χ0n) is 14.1. The molecule has 1 aliphatic carbocycles. The third-order valence-corrected chi connectivity index (χ3v) is 4.72. The van der Waals surface area contributed by atoms with E-state index in [0.29, 0.717) is 23.6 Å². The van der Waals surface area contributed by atoms with E-state index < -0.39 is 0 Å². The number of carbonyl (C=O) groups excluding carboxylic acids is 2. The third kappa shape index (κ3) is 3.28. The summed E-state index contributed by atoms with van der Waals surface area (Å²) in [4.78, 5) is 24.6. The predicted molar refractivity (Wildman–Crippen MR) is 94.5 cm³/mol. The van der Waals surface area contributed by atoms with Crippen molar-refractivity contribution in [2.45, 2.75) is 32.7 Å². The third-order valence-electron chi connectivity index (χ3n) is 4.72. The lowest BCUT2D eigenvalue weighted by Crippen LogP contribution is -2.25. The van der Waals surface area contributed by atoms with Crippen LogP contribution in [0.4, 0.5) is 11.4 Å². The number of nitrogens with one attached hydrogen (secondary N) is 4. The van der Waals surface area contributed by atoms with Gasteiger partial charge in [0.05, 0.1) is 0 Å². The number of hydrogen-bond acceptors (Lipinski definition) is 4. The second kappa shape index (κ2) is 6.33. The lowest BCUT2D eigenvalue weighted by molar-refractivity contribution is -0.117. The molecule has 0 bridgehead atoms. The molecule has 0 atom stereocenters. The van der Waals surface area contributed by atoms with Gasteiger partial charge in [-0.15, -0.1) is 0 Å². The molecule has 4 rings (SSSR count). The molecule has 25 heavy (non-hydrogen) atoms. The van der Waals surface area contributed by atoms with E-state index in [1.165, 1.54) is 0 Å². The molecular formula is C18H21N5O2. The van der Waals surface area contributed by atoms with E-state index in [9.17, 15) is 9.59 Å². The zero-order chi connectivity index (χ0) is 17.4. The summed E-state index contributed by atoms with van der Waals surface area (Å²) >= 11 is 0. The summed E-state index contributed by atoms with van der Waals surface area (Å²) in [7, 11) is 0. The highest BCUT2D eigenvalue weighted by atomic mass is 16.2. The van der Waals surface area contributed by atoms with Crippen LogP contribution in [0.15, 0.2) is 18.2 Å². The van der Waals surface area contributed by atoms with Gasteiger partial charge in [-0.2, -0.15) is 5.10 Å². The van der Waals surface area contributed by atoms with Gasteiger partial charge in [0.25, 0.3) is 5.91 Å². The Morgan fingerprint density at radius 2 is 2.08 bits per heavy atom. The number of carbonyl (C=O) groups is 2. The highest BCUT2D eigenvalue weighted by molar-refractivity contribution is 6.05. The molecule has 1 aliphatic heterocycles. The van der Waals surface area contributed by atoms with E-state index in [-0.39, 0.29) is 17.7 Å². The molecule has 0 unspecified atom stereocenters. The van der Waals surface area contributed by atoms with Crippen LogP contribution in [0.2, 0.25) is 0 Å². The quantitative estimate of drug-likeness (QED) is 0.684. The van der Waals surface area contributed by atoms with E-state index >= 15 is 0 Å². The summed E-state index contributed by atoms with van der Waals surface area (Å²) in [5.74, 6) is -0.0500. The fourth-order valence-corrected chi connectivity index (χ4v) is 3.02. The minimum atomic E-state index is -0.241. The molecule has 1 aromatic carbocycles. The Morgan fingerprint density at radius 1 is 1.24 bits per heavy atom. The molecule has 2 aliphatic rings. The van der Waals surface area contributed by atoms with Crippen molar-refractivity contribution in [1.29, 1.82) is 0 Å². The number of anilines is 2. The number of aryl methyl sites for hydroxylation is 1. The Bertz CT molecular complexity index is 838. The standard InChI is InChI=1S/C18H21N5O2/c1-10-2-5-12(20-17(24)11-3-4-11)8-15(10)21-18(25)16-13-9-19-7-6-14(13)22-23-16/h2,5,8,11,19H,3-4,6-7,9H2,1H3,(H,20,24)(H,21,25)(H,22,23). The predicted octanol–water partition coefficient (Wildman–Crippen LogP) is 1.96. The first kappa shape index (κ1) is 15.8. The Labute approximate surface area is 145 Å². The largest absolute Gasteiger partial charge is 0.326 e. The van der Waals surface area contributed by atoms with Gasteiger partial charge in [-0.05, 0) is 37.5 Å². The van der Waals surface area contributed by atoms with Crippen molar-refractivity contribution in [2.24, 2.45) is 5.92 Å². The maximum atomic E-state index is 12.6. The fourth-order valence-electron chi connectivity index (χ4n) is 3.02. The van der Waals surface area contributed by atoms with Gasteiger partial charge in [-0.1, -0.05) is 6.07 Å². The molecule has 1 aromatic heterocycles. The van der Waals surface area contributed by atoms with Crippen molar-refractivity contribution >= 4 is 23.2 Å². The van der Waals surface area contributed by atoms with Crippen LogP contribution < -0.4 is 16.0 Å². The van der Waals surface area contributed by atoms with E-state index in [2.05, 4.69) is 26.1 Å². The molecule has 2 heterocycles. The minimum Gasteiger partial charge on any atom is -0.326 e. The molecule has 0 spiro atoms. The molecule has 0 saturated heterocycles. The first-order valence-corrected chi connectivity index (χ1v) is 8.61. The van der Waals surface area contributed by atoms with E-state index in [0.717, 1.165) is 42.6 Å². The van der Waals surface area contributed by atoms with E-state index in [1.54, 1.807) is 6.07 Å². The van der Waals surface area contributed by atoms with Crippen LogP contribution in [0, 0.1) is 12.8 Å². The van der Waals surface area contributed by atoms with Crippen molar-refractivity contribution < 1.29 is 9.59 Å². The van der Waals surface area contributed by atoms with Gasteiger partial charge in [-0.25, -0.2) is 0 Å². The number of rotatable bonds is 4. The van der Waals surface area contributed by atoms with Crippen molar-refractivity contribution in [2.75, 3.05) is 17.2 Å². The monoisotopic (exact) mass is 339 g/mol. The van der Waals surface area contributed by atoms with Gasteiger partial charge in [0, 0.05) is 48.1 Å². The van der Waals surface area contributed by atoms with Gasteiger partial charge in [0.1, 0.15) is 0 Å². The van der Waals surface area contributed by atoms with Crippen LogP contribution in [-0.2, 0) is 17.8 Å². The summed E-state index contributed by atoms with van der Waals surface area (Å²) in [6.45, 7) is 3.45. The summed E-state index contributed by atoms with van der Waals surface area (Å²) in [5.41, 5.74) is 4.68. The Balaban J connectivity index is 1.52. The fraction of sp³-hybridized carbons (Fsp3) is 0.389. The van der Waals surface area contributed by atoms with E-state index in [1.807, 2.05) is 19.1 Å². The summed E-state index contributed by atoms with van der Waals surface area (Å²) in [6.07, 6.45) is 2.76. The molecule has 1 fully saturated rings. The first-order chi connectivity index (χ1) is 12.1. The van der Waals surface area contributed by atoms with Crippen LogP contribution >= 0.6 is 0 Å². The van der Waals surface area contributed by atoms with Gasteiger partial charge >= 0.3 is 0 Å². The molecular weight excluding hydrogens is 318 g/mol. The average Bonchev–Trinajstić information content (AvgIpc) is 3.37. The highest BCUT2D eigenvalue weighted by Crippen LogP contribution is 2.31. The molecule has 1 saturated carbocycles. The number of hydrogen-bond donors (Lipinski definition) is 4. The normalized spacial score (nSPS) is 16.2. The van der Waals surface area contributed by atoms with Gasteiger partial charge in [0.15, 0.2) is 5.69 Å². The molecule has 0 radical (unpaired) electrons. The number of fused-ring (bicyclic) bond motifs is 1.